The second-order valence-electron chi connectivity index (χ2n) is 4.11. The third kappa shape index (κ3) is 4.01. The van der Waals surface area contributed by atoms with Crippen LogP contribution in [0.5, 0.6) is 0 Å². The zero-order valence-corrected chi connectivity index (χ0v) is 9.79. The van der Waals surface area contributed by atoms with E-state index in [9.17, 15) is 9.18 Å². The van der Waals surface area contributed by atoms with E-state index in [0.717, 1.165) is 12.8 Å². The lowest BCUT2D eigenvalue weighted by Gasteiger charge is -2.11. The molecule has 0 fully saturated rings. The monoisotopic (exact) mass is 223 g/mol. The van der Waals surface area contributed by atoms with E-state index in [4.69, 9.17) is 0 Å². The van der Waals surface area contributed by atoms with Gasteiger partial charge in [0.2, 0.25) is 0 Å². The fourth-order valence-electron chi connectivity index (χ4n) is 1.57. The first-order valence-corrected chi connectivity index (χ1v) is 5.67. The van der Waals surface area contributed by atoms with Crippen molar-refractivity contribution >= 4 is 5.91 Å². The van der Waals surface area contributed by atoms with Gasteiger partial charge in [0.05, 0.1) is 0 Å². The lowest BCUT2D eigenvalue weighted by Crippen LogP contribution is -2.28. The molecule has 0 heterocycles. The first-order chi connectivity index (χ1) is 7.63. The number of carbonyl (C=O) groups is 1. The van der Waals surface area contributed by atoms with Gasteiger partial charge in [0.25, 0.3) is 5.91 Å². The van der Waals surface area contributed by atoms with E-state index < -0.39 is 0 Å². The van der Waals surface area contributed by atoms with Gasteiger partial charge in [-0.2, -0.15) is 0 Å². The molecule has 0 spiro atoms. The van der Waals surface area contributed by atoms with Crippen molar-refractivity contribution in [2.24, 2.45) is 5.92 Å². The Morgan fingerprint density at radius 2 is 2.00 bits per heavy atom. The smallest absolute Gasteiger partial charge is 0.251 e. The highest BCUT2D eigenvalue weighted by Gasteiger charge is 2.07. The number of hydrogen-bond donors (Lipinski definition) is 1. The van der Waals surface area contributed by atoms with Crippen molar-refractivity contribution in [3.8, 4) is 0 Å². The molecule has 1 aromatic carbocycles. The van der Waals surface area contributed by atoms with E-state index in [1.807, 2.05) is 0 Å². The van der Waals surface area contributed by atoms with Crippen molar-refractivity contribution < 1.29 is 9.18 Å². The first-order valence-electron chi connectivity index (χ1n) is 5.67. The molecular weight excluding hydrogens is 205 g/mol. The number of benzene rings is 1. The fraction of sp³-hybridized carbons (Fsp3) is 0.462. The van der Waals surface area contributed by atoms with Gasteiger partial charge in [-0.05, 0) is 36.6 Å². The van der Waals surface area contributed by atoms with Gasteiger partial charge in [0.1, 0.15) is 5.82 Å². The molecule has 1 aromatic rings. The minimum atomic E-state index is -0.323. The molecule has 0 saturated heterocycles. The highest BCUT2D eigenvalue weighted by Crippen LogP contribution is 2.05. The second kappa shape index (κ2) is 6.26. The van der Waals surface area contributed by atoms with Crippen LogP contribution in [0.4, 0.5) is 4.39 Å². The van der Waals surface area contributed by atoms with E-state index in [2.05, 4.69) is 19.2 Å². The fourth-order valence-corrected chi connectivity index (χ4v) is 1.57. The van der Waals surface area contributed by atoms with Crippen LogP contribution >= 0.6 is 0 Å². The van der Waals surface area contributed by atoms with Gasteiger partial charge in [0.15, 0.2) is 0 Å². The molecule has 0 saturated carbocycles. The maximum atomic E-state index is 12.6. The Labute approximate surface area is 95.9 Å². The first kappa shape index (κ1) is 12.7. The quantitative estimate of drug-likeness (QED) is 0.816. The summed E-state index contributed by atoms with van der Waals surface area (Å²) in [5.41, 5.74) is 0.505. The summed E-state index contributed by atoms with van der Waals surface area (Å²) in [7, 11) is 0. The molecule has 0 bridgehead atoms. The Morgan fingerprint density at radius 1 is 1.38 bits per heavy atom. The topological polar surface area (TPSA) is 29.1 Å². The molecule has 0 aliphatic heterocycles. The van der Waals surface area contributed by atoms with Crippen LogP contribution in [0, 0.1) is 11.7 Å². The van der Waals surface area contributed by atoms with Crippen LogP contribution in [-0.4, -0.2) is 12.5 Å². The van der Waals surface area contributed by atoms with E-state index in [1.54, 1.807) is 0 Å². The molecule has 3 heteroatoms. The van der Waals surface area contributed by atoms with Gasteiger partial charge in [0, 0.05) is 12.1 Å². The van der Waals surface area contributed by atoms with Crippen molar-refractivity contribution in [3.63, 3.8) is 0 Å². The van der Waals surface area contributed by atoms with Gasteiger partial charge >= 0.3 is 0 Å². The van der Waals surface area contributed by atoms with Crippen LogP contribution in [-0.2, 0) is 0 Å². The lowest BCUT2D eigenvalue weighted by molar-refractivity contribution is 0.0947. The third-order valence-corrected chi connectivity index (χ3v) is 2.50. The number of rotatable bonds is 5. The maximum Gasteiger partial charge on any atom is 0.251 e. The normalized spacial score (nSPS) is 12.2. The Hall–Kier alpha value is -1.38. The SMILES string of the molecule is CCCC(C)CNC(=O)c1ccc(F)cc1. The highest BCUT2D eigenvalue weighted by atomic mass is 19.1. The summed E-state index contributed by atoms with van der Waals surface area (Å²) in [6, 6.07) is 5.58. The molecule has 0 aliphatic rings. The summed E-state index contributed by atoms with van der Waals surface area (Å²) in [5.74, 6) is 0.0215. The van der Waals surface area contributed by atoms with Crippen molar-refractivity contribution in [1.82, 2.24) is 5.32 Å². The molecule has 1 amide bonds. The molecule has 88 valence electrons. The van der Waals surface area contributed by atoms with Gasteiger partial charge in [-0.1, -0.05) is 20.3 Å². The largest absolute Gasteiger partial charge is 0.352 e. The van der Waals surface area contributed by atoms with Crippen molar-refractivity contribution in [2.45, 2.75) is 26.7 Å². The van der Waals surface area contributed by atoms with Gasteiger partial charge in [-0.15, -0.1) is 0 Å². The number of hydrogen-bond acceptors (Lipinski definition) is 1. The molecule has 1 atom stereocenters. The van der Waals surface area contributed by atoms with Crippen molar-refractivity contribution in [2.75, 3.05) is 6.54 Å². The van der Waals surface area contributed by atoms with Crippen LogP contribution < -0.4 is 5.32 Å². The molecule has 1 N–H and O–H groups in total. The van der Waals surface area contributed by atoms with E-state index >= 15 is 0 Å². The van der Waals surface area contributed by atoms with E-state index in [-0.39, 0.29) is 11.7 Å². The summed E-state index contributed by atoms with van der Waals surface area (Å²) in [5, 5.41) is 2.84. The van der Waals surface area contributed by atoms with Crippen LogP contribution in [0.3, 0.4) is 0 Å². The van der Waals surface area contributed by atoms with Crippen molar-refractivity contribution in [3.05, 3.63) is 35.6 Å². The van der Waals surface area contributed by atoms with Crippen LogP contribution in [0.25, 0.3) is 0 Å². The summed E-state index contributed by atoms with van der Waals surface area (Å²) >= 11 is 0. The zero-order valence-electron chi connectivity index (χ0n) is 9.79. The van der Waals surface area contributed by atoms with Crippen LogP contribution in [0.1, 0.15) is 37.0 Å². The predicted molar refractivity (Wildman–Crippen MR) is 62.8 cm³/mol. The second-order valence-corrected chi connectivity index (χ2v) is 4.11. The number of amides is 1. The van der Waals surface area contributed by atoms with Crippen LogP contribution in [0.2, 0.25) is 0 Å². The average molecular weight is 223 g/mol. The molecule has 2 nitrogen and oxygen atoms in total. The standard InChI is InChI=1S/C13H18FNO/c1-3-4-10(2)9-15-13(16)11-5-7-12(14)8-6-11/h5-8,10H,3-4,9H2,1-2H3,(H,15,16). The van der Waals surface area contributed by atoms with Gasteiger partial charge < -0.3 is 5.32 Å². The average Bonchev–Trinajstić information content (AvgIpc) is 2.27. The van der Waals surface area contributed by atoms with Gasteiger partial charge in [-0.25, -0.2) is 4.39 Å². The molecule has 1 unspecified atom stereocenters. The van der Waals surface area contributed by atoms with E-state index in [1.165, 1.54) is 24.3 Å². The van der Waals surface area contributed by atoms with Gasteiger partial charge in [-0.3, -0.25) is 4.79 Å². The lowest BCUT2D eigenvalue weighted by atomic mass is 10.1. The minimum absolute atomic E-state index is 0.136. The molecule has 0 radical (unpaired) electrons. The van der Waals surface area contributed by atoms with Crippen LogP contribution in [0.15, 0.2) is 24.3 Å². The molecule has 0 aliphatic carbocycles. The summed E-state index contributed by atoms with van der Waals surface area (Å²) < 4.78 is 12.6. The Kier molecular flexibility index (Phi) is 4.96. The maximum absolute atomic E-state index is 12.6. The minimum Gasteiger partial charge on any atom is -0.352 e. The van der Waals surface area contributed by atoms with E-state index in [0.29, 0.717) is 18.0 Å². The number of carbonyl (C=O) groups excluding carboxylic acids is 1. The zero-order chi connectivity index (χ0) is 12.0. The Morgan fingerprint density at radius 3 is 2.56 bits per heavy atom. The molecule has 16 heavy (non-hydrogen) atoms. The number of halogens is 1. The molecule has 1 rings (SSSR count). The molecular formula is C13H18FNO. The predicted octanol–water partition coefficient (Wildman–Crippen LogP) is 2.99. The van der Waals surface area contributed by atoms with Crippen molar-refractivity contribution in [1.29, 1.82) is 0 Å². The highest BCUT2D eigenvalue weighted by molar-refractivity contribution is 5.94. The third-order valence-electron chi connectivity index (χ3n) is 2.50. The summed E-state index contributed by atoms with van der Waals surface area (Å²) in [6.07, 6.45) is 2.22. The Bertz CT molecular complexity index is 334. The Balaban J connectivity index is 2.43. The summed E-state index contributed by atoms with van der Waals surface area (Å²) in [4.78, 5) is 11.6. The number of nitrogens with one attached hydrogen (secondary N) is 1. The summed E-state index contributed by atoms with van der Waals surface area (Å²) in [6.45, 7) is 4.90. The molecule has 0 aromatic heterocycles.